The fourth-order valence-electron chi connectivity index (χ4n) is 4.59. The number of halogens is 1. The molecule has 4 aromatic carbocycles. The molecular weight excluding hydrogens is 517 g/mol. The van der Waals surface area contributed by atoms with Gasteiger partial charge in [-0.2, -0.15) is 0 Å². The minimum absolute atomic E-state index is 0.144. The molecule has 7 nitrogen and oxygen atoms in total. The molecule has 1 amide bonds. The minimum Gasteiger partial charge on any atom is -0.325 e. The van der Waals surface area contributed by atoms with Crippen LogP contribution < -0.4 is 10.9 Å². The van der Waals surface area contributed by atoms with Gasteiger partial charge in [-0.1, -0.05) is 60.3 Å². The van der Waals surface area contributed by atoms with Crippen LogP contribution in [0.4, 0.5) is 10.1 Å². The number of benzene rings is 4. The molecule has 0 radical (unpaired) electrons. The molecule has 0 spiro atoms. The average molecular weight is 536 g/mol. The normalized spacial score (nSPS) is 12.2. The number of thioether (sulfide) groups is 1. The van der Waals surface area contributed by atoms with Crippen LogP contribution in [-0.4, -0.2) is 32.8 Å². The highest BCUT2D eigenvalue weighted by Crippen LogP contribution is 2.32. The Labute approximate surface area is 225 Å². The van der Waals surface area contributed by atoms with E-state index in [1.165, 1.54) is 28.8 Å². The molecule has 1 N–H and O–H groups in total. The SMILES string of the molecule is O=C(CSc1nc2ccccc2c(=O)n1-c1ccc(F)cc1)Nc1cccc2c1C(=O)c1ccccc1C2=O. The van der Waals surface area contributed by atoms with Gasteiger partial charge in [-0.05, 0) is 42.5 Å². The highest BCUT2D eigenvalue weighted by molar-refractivity contribution is 7.99. The number of rotatable bonds is 5. The van der Waals surface area contributed by atoms with Crippen LogP contribution in [0.1, 0.15) is 31.8 Å². The fraction of sp³-hybridized carbons (Fsp3) is 0.0333. The first-order valence-corrected chi connectivity index (χ1v) is 12.9. The first-order chi connectivity index (χ1) is 18.9. The van der Waals surface area contributed by atoms with Crippen LogP contribution in [0, 0.1) is 5.82 Å². The van der Waals surface area contributed by atoms with E-state index in [2.05, 4.69) is 10.3 Å². The monoisotopic (exact) mass is 535 g/mol. The van der Waals surface area contributed by atoms with E-state index in [9.17, 15) is 23.6 Å². The first-order valence-electron chi connectivity index (χ1n) is 11.9. The summed E-state index contributed by atoms with van der Waals surface area (Å²) in [6.07, 6.45) is 0. The zero-order valence-corrected chi connectivity index (χ0v) is 21.0. The Bertz CT molecular complexity index is 1880. The second kappa shape index (κ2) is 9.77. The van der Waals surface area contributed by atoms with Gasteiger partial charge in [0.1, 0.15) is 5.82 Å². The van der Waals surface area contributed by atoms with Gasteiger partial charge in [0.25, 0.3) is 5.56 Å². The number of fused-ring (bicyclic) bond motifs is 3. The predicted molar refractivity (Wildman–Crippen MR) is 146 cm³/mol. The number of nitrogens with zero attached hydrogens (tertiary/aromatic N) is 2. The molecule has 9 heteroatoms. The highest BCUT2D eigenvalue weighted by atomic mass is 32.2. The van der Waals surface area contributed by atoms with E-state index in [-0.39, 0.29) is 50.4 Å². The Kier molecular flexibility index (Phi) is 6.12. The van der Waals surface area contributed by atoms with Crippen LogP contribution in [0.5, 0.6) is 0 Å². The Morgan fingerprint density at radius 3 is 2.23 bits per heavy atom. The van der Waals surface area contributed by atoms with Crippen LogP contribution in [0.3, 0.4) is 0 Å². The van der Waals surface area contributed by atoms with E-state index >= 15 is 0 Å². The predicted octanol–water partition coefficient (Wildman–Crippen LogP) is 5.03. The second-order valence-electron chi connectivity index (χ2n) is 8.80. The van der Waals surface area contributed by atoms with Crippen molar-refractivity contribution in [3.8, 4) is 5.69 Å². The summed E-state index contributed by atoms with van der Waals surface area (Å²) in [6, 6.07) is 23.6. The molecule has 6 rings (SSSR count). The lowest BCUT2D eigenvalue weighted by Crippen LogP contribution is -2.25. The van der Waals surface area contributed by atoms with Crippen molar-refractivity contribution < 1.29 is 18.8 Å². The molecule has 39 heavy (non-hydrogen) atoms. The average Bonchev–Trinajstić information content (AvgIpc) is 2.95. The number of hydrogen-bond acceptors (Lipinski definition) is 6. The maximum Gasteiger partial charge on any atom is 0.266 e. The molecule has 1 aliphatic rings. The Morgan fingerprint density at radius 2 is 1.46 bits per heavy atom. The van der Waals surface area contributed by atoms with Crippen LogP contribution in [-0.2, 0) is 4.79 Å². The quantitative estimate of drug-likeness (QED) is 0.246. The van der Waals surface area contributed by atoms with Gasteiger partial charge in [0.05, 0.1) is 33.6 Å². The van der Waals surface area contributed by atoms with E-state index in [0.29, 0.717) is 22.2 Å². The van der Waals surface area contributed by atoms with Crippen molar-refractivity contribution >= 4 is 45.8 Å². The van der Waals surface area contributed by atoms with E-state index in [4.69, 9.17) is 0 Å². The molecule has 0 fully saturated rings. The van der Waals surface area contributed by atoms with Crippen molar-refractivity contribution in [3.63, 3.8) is 0 Å². The zero-order valence-electron chi connectivity index (χ0n) is 20.2. The van der Waals surface area contributed by atoms with Gasteiger partial charge in [0.15, 0.2) is 16.7 Å². The van der Waals surface area contributed by atoms with Crippen LogP contribution in [0.25, 0.3) is 16.6 Å². The summed E-state index contributed by atoms with van der Waals surface area (Å²) in [5, 5.41) is 3.37. The minimum atomic E-state index is -0.458. The van der Waals surface area contributed by atoms with Gasteiger partial charge in [-0.3, -0.25) is 23.7 Å². The molecular formula is C30H18FN3O4S. The summed E-state index contributed by atoms with van der Waals surface area (Å²) in [7, 11) is 0. The summed E-state index contributed by atoms with van der Waals surface area (Å²) < 4.78 is 14.9. The molecule has 0 unspecified atom stereocenters. The molecule has 0 atom stereocenters. The molecule has 1 aromatic heterocycles. The lowest BCUT2D eigenvalue weighted by molar-refractivity contribution is -0.113. The van der Waals surface area contributed by atoms with E-state index < -0.39 is 11.7 Å². The molecule has 1 aliphatic carbocycles. The molecule has 0 aliphatic heterocycles. The van der Waals surface area contributed by atoms with Gasteiger partial charge >= 0.3 is 0 Å². The number of carbonyl (C=O) groups excluding carboxylic acids is 3. The number of anilines is 1. The standard InChI is InChI=1S/C30H18FN3O4S/c31-17-12-14-18(15-13-17)34-29(38)21-8-3-4-10-23(21)33-30(34)39-16-25(35)32-24-11-5-9-22-26(24)28(37)20-7-2-1-6-19(20)27(22)36/h1-15H,16H2,(H,32,35). The summed E-state index contributed by atoms with van der Waals surface area (Å²) in [4.78, 5) is 57.2. The van der Waals surface area contributed by atoms with Crippen molar-refractivity contribution in [3.05, 3.63) is 129 Å². The molecule has 1 heterocycles. The van der Waals surface area contributed by atoms with E-state index in [1.54, 1.807) is 66.7 Å². The topological polar surface area (TPSA) is 98.1 Å². The third kappa shape index (κ3) is 4.32. The van der Waals surface area contributed by atoms with Crippen molar-refractivity contribution in [2.45, 2.75) is 5.16 Å². The number of aromatic nitrogens is 2. The van der Waals surface area contributed by atoms with Gasteiger partial charge in [-0.15, -0.1) is 0 Å². The lowest BCUT2D eigenvalue weighted by Gasteiger charge is -2.20. The van der Waals surface area contributed by atoms with Crippen molar-refractivity contribution in [2.24, 2.45) is 0 Å². The van der Waals surface area contributed by atoms with E-state index in [0.717, 1.165) is 11.8 Å². The number of hydrogen-bond donors (Lipinski definition) is 1. The summed E-state index contributed by atoms with van der Waals surface area (Å²) in [6.45, 7) is 0. The zero-order chi connectivity index (χ0) is 27.1. The molecule has 5 aromatic rings. The largest absolute Gasteiger partial charge is 0.325 e. The van der Waals surface area contributed by atoms with Crippen molar-refractivity contribution in [1.82, 2.24) is 9.55 Å². The third-order valence-corrected chi connectivity index (χ3v) is 7.33. The maximum absolute atomic E-state index is 13.6. The number of amides is 1. The number of nitrogens with one attached hydrogen (secondary N) is 1. The van der Waals surface area contributed by atoms with Gasteiger partial charge < -0.3 is 5.32 Å². The maximum atomic E-state index is 13.6. The van der Waals surface area contributed by atoms with Crippen LogP contribution >= 0.6 is 11.8 Å². The summed E-state index contributed by atoms with van der Waals surface area (Å²) in [5.74, 6) is -1.68. The molecule has 0 bridgehead atoms. The Morgan fingerprint density at radius 1 is 0.795 bits per heavy atom. The van der Waals surface area contributed by atoms with Gasteiger partial charge in [0.2, 0.25) is 5.91 Å². The third-order valence-electron chi connectivity index (χ3n) is 6.39. The Hall–Kier alpha value is -4.89. The smallest absolute Gasteiger partial charge is 0.266 e. The molecule has 190 valence electrons. The first kappa shape index (κ1) is 24.4. The van der Waals surface area contributed by atoms with E-state index in [1.807, 2.05) is 0 Å². The lowest BCUT2D eigenvalue weighted by atomic mass is 9.83. The summed E-state index contributed by atoms with van der Waals surface area (Å²) >= 11 is 1.02. The van der Waals surface area contributed by atoms with Gasteiger partial charge in [-0.25, -0.2) is 9.37 Å². The van der Waals surface area contributed by atoms with Crippen molar-refractivity contribution in [2.75, 3.05) is 11.1 Å². The van der Waals surface area contributed by atoms with Crippen LogP contribution in [0.15, 0.2) is 101 Å². The Balaban J connectivity index is 1.31. The van der Waals surface area contributed by atoms with Gasteiger partial charge in [0, 0.05) is 16.7 Å². The number of para-hydroxylation sites is 1. The highest BCUT2D eigenvalue weighted by Gasteiger charge is 2.31. The van der Waals surface area contributed by atoms with Crippen LogP contribution in [0.2, 0.25) is 0 Å². The van der Waals surface area contributed by atoms with Crippen molar-refractivity contribution in [1.29, 1.82) is 0 Å². The number of carbonyl (C=O) groups is 3. The molecule has 0 saturated heterocycles. The molecule has 0 saturated carbocycles. The number of ketones is 2. The fourth-order valence-corrected chi connectivity index (χ4v) is 5.41. The summed E-state index contributed by atoms with van der Waals surface area (Å²) in [5.41, 5.74) is 1.73. The second-order valence-corrected chi connectivity index (χ2v) is 9.74.